The summed E-state index contributed by atoms with van der Waals surface area (Å²) in [7, 11) is 0. The van der Waals surface area contributed by atoms with E-state index in [0.717, 1.165) is 36.5 Å². The minimum absolute atomic E-state index is 0.0787. The lowest BCUT2D eigenvalue weighted by atomic mass is 10.1. The van der Waals surface area contributed by atoms with E-state index in [-0.39, 0.29) is 12.4 Å². The van der Waals surface area contributed by atoms with Crippen LogP contribution in [0.1, 0.15) is 35.9 Å². The van der Waals surface area contributed by atoms with Gasteiger partial charge in [-0.1, -0.05) is 25.1 Å². The van der Waals surface area contributed by atoms with Crippen molar-refractivity contribution in [1.29, 1.82) is 0 Å². The molecule has 1 aromatic heterocycles. The van der Waals surface area contributed by atoms with Gasteiger partial charge in [-0.25, -0.2) is 4.39 Å². The molecule has 1 heterocycles. The maximum atomic E-state index is 13.9. The van der Waals surface area contributed by atoms with Crippen LogP contribution >= 0.6 is 0 Å². The van der Waals surface area contributed by atoms with E-state index in [1.807, 2.05) is 30.7 Å². The Kier molecular flexibility index (Phi) is 6.30. The van der Waals surface area contributed by atoms with Crippen LogP contribution in [-0.2, 0) is 19.6 Å². The Morgan fingerprint density at radius 1 is 1.22 bits per heavy atom. The Morgan fingerprint density at radius 3 is 2.61 bits per heavy atom. The fourth-order valence-corrected chi connectivity index (χ4v) is 2.90. The zero-order valence-electron chi connectivity index (χ0n) is 14.2. The highest BCUT2D eigenvalue weighted by molar-refractivity contribution is 5.25. The van der Waals surface area contributed by atoms with Gasteiger partial charge in [-0.15, -0.1) is 0 Å². The SMILES string of the molecule is CCCN(Cc1ccccc1F)Cc1c(C)nn(CCO)c1C. The number of aliphatic hydroxyl groups excluding tert-OH is 1. The fraction of sp³-hybridized carbons (Fsp3) is 0.500. The highest BCUT2D eigenvalue weighted by Crippen LogP contribution is 2.18. The molecule has 1 N–H and O–H groups in total. The summed E-state index contributed by atoms with van der Waals surface area (Å²) in [4.78, 5) is 2.25. The maximum Gasteiger partial charge on any atom is 0.127 e. The molecule has 2 aromatic rings. The van der Waals surface area contributed by atoms with Crippen LogP contribution in [0, 0.1) is 19.7 Å². The molecule has 23 heavy (non-hydrogen) atoms. The van der Waals surface area contributed by atoms with Crippen LogP contribution in [0.2, 0.25) is 0 Å². The zero-order valence-corrected chi connectivity index (χ0v) is 14.2. The number of hydrogen-bond acceptors (Lipinski definition) is 3. The number of hydrogen-bond donors (Lipinski definition) is 1. The smallest absolute Gasteiger partial charge is 0.127 e. The lowest BCUT2D eigenvalue weighted by molar-refractivity contribution is 0.251. The van der Waals surface area contributed by atoms with E-state index < -0.39 is 0 Å². The van der Waals surface area contributed by atoms with Crippen molar-refractivity contribution in [3.05, 3.63) is 52.6 Å². The van der Waals surface area contributed by atoms with Crippen LogP contribution in [0.15, 0.2) is 24.3 Å². The second-order valence-electron chi connectivity index (χ2n) is 5.90. The third-order valence-corrected chi connectivity index (χ3v) is 4.12. The monoisotopic (exact) mass is 319 g/mol. The lowest BCUT2D eigenvalue weighted by Gasteiger charge is -2.22. The van der Waals surface area contributed by atoms with Crippen LogP contribution in [0.3, 0.4) is 0 Å². The second kappa shape index (κ2) is 8.22. The van der Waals surface area contributed by atoms with E-state index >= 15 is 0 Å². The van der Waals surface area contributed by atoms with E-state index in [4.69, 9.17) is 5.11 Å². The van der Waals surface area contributed by atoms with Crippen molar-refractivity contribution in [3.63, 3.8) is 0 Å². The summed E-state index contributed by atoms with van der Waals surface area (Å²) in [6.45, 7) is 8.96. The Labute approximate surface area is 137 Å². The molecule has 0 unspecified atom stereocenters. The first-order valence-electron chi connectivity index (χ1n) is 8.16. The molecule has 0 saturated heterocycles. The molecule has 0 spiro atoms. The maximum absolute atomic E-state index is 13.9. The molecule has 0 saturated carbocycles. The van der Waals surface area contributed by atoms with E-state index in [2.05, 4.69) is 16.9 Å². The number of aliphatic hydroxyl groups is 1. The third kappa shape index (κ3) is 4.39. The van der Waals surface area contributed by atoms with Crippen molar-refractivity contribution in [2.45, 2.75) is 46.8 Å². The van der Waals surface area contributed by atoms with Gasteiger partial charge in [-0.3, -0.25) is 9.58 Å². The van der Waals surface area contributed by atoms with Crippen LogP contribution < -0.4 is 0 Å². The molecule has 0 aliphatic heterocycles. The summed E-state index contributed by atoms with van der Waals surface area (Å²) >= 11 is 0. The van der Waals surface area contributed by atoms with Gasteiger partial charge in [0.2, 0.25) is 0 Å². The minimum atomic E-state index is -0.155. The van der Waals surface area contributed by atoms with Gasteiger partial charge >= 0.3 is 0 Å². The molecule has 126 valence electrons. The van der Waals surface area contributed by atoms with Crippen molar-refractivity contribution >= 4 is 0 Å². The van der Waals surface area contributed by atoms with Crippen LogP contribution in [-0.4, -0.2) is 32.9 Å². The molecule has 0 amide bonds. The average Bonchev–Trinajstić information content (AvgIpc) is 2.78. The summed E-state index contributed by atoms with van der Waals surface area (Å²) in [5.74, 6) is -0.155. The summed E-state index contributed by atoms with van der Waals surface area (Å²) in [5.41, 5.74) is 3.94. The molecular formula is C18H26FN3O. The molecule has 5 heteroatoms. The fourth-order valence-electron chi connectivity index (χ4n) is 2.90. The van der Waals surface area contributed by atoms with Gasteiger partial charge in [0.05, 0.1) is 18.8 Å². The summed E-state index contributed by atoms with van der Waals surface area (Å²) in [6, 6.07) is 6.94. The summed E-state index contributed by atoms with van der Waals surface area (Å²) in [5, 5.41) is 13.6. The standard InChI is InChI=1S/C18H26FN3O/c1-4-9-21(12-16-7-5-6-8-18(16)19)13-17-14(2)20-22(10-11-23)15(17)3/h5-8,23H,4,9-13H2,1-3H3. The van der Waals surface area contributed by atoms with Gasteiger partial charge in [0.1, 0.15) is 5.82 Å². The highest BCUT2D eigenvalue weighted by Gasteiger charge is 2.16. The van der Waals surface area contributed by atoms with Crippen LogP contribution in [0.4, 0.5) is 4.39 Å². The van der Waals surface area contributed by atoms with Crippen molar-refractivity contribution in [2.24, 2.45) is 0 Å². The zero-order chi connectivity index (χ0) is 16.8. The van der Waals surface area contributed by atoms with Crippen molar-refractivity contribution in [3.8, 4) is 0 Å². The molecule has 0 bridgehead atoms. The number of aryl methyl sites for hydroxylation is 1. The summed E-state index contributed by atoms with van der Waals surface area (Å²) < 4.78 is 15.8. The minimum Gasteiger partial charge on any atom is -0.394 e. The molecule has 0 fully saturated rings. The quantitative estimate of drug-likeness (QED) is 0.813. The molecule has 1 aromatic carbocycles. The molecule has 0 atom stereocenters. The van der Waals surface area contributed by atoms with E-state index in [1.165, 1.54) is 11.6 Å². The predicted octanol–water partition coefficient (Wildman–Crippen LogP) is 3.04. The number of aromatic nitrogens is 2. The van der Waals surface area contributed by atoms with Gasteiger partial charge in [-0.2, -0.15) is 5.10 Å². The van der Waals surface area contributed by atoms with Gasteiger partial charge in [-0.05, 0) is 32.9 Å². The molecule has 0 aliphatic rings. The molecule has 0 aliphatic carbocycles. The topological polar surface area (TPSA) is 41.3 Å². The average molecular weight is 319 g/mol. The molecule has 2 rings (SSSR count). The van der Waals surface area contributed by atoms with Crippen molar-refractivity contribution in [2.75, 3.05) is 13.2 Å². The van der Waals surface area contributed by atoms with E-state index in [9.17, 15) is 4.39 Å². The Hall–Kier alpha value is -1.72. The van der Waals surface area contributed by atoms with E-state index in [0.29, 0.717) is 13.1 Å². The van der Waals surface area contributed by atoms with Crippen LogP contribution in [0.25, 0.3) is 0 Å². The van der Waals surface area contributed by atoms with Crippen LogP contribution in [0.5, 0.6) is 0 Å². The first-order chi connectivity index (χ1) is 11.1. The highest BCUT2D eigenvalue weighted by atomic mass is 19.1. The van der Waals surface area contributed by atoms with Gasteiger partial charge in [0, 0.05) is 29.9 Å². The predicted molar refractivity (Wildman–Crippen MR) is 89.6 cm³/mol. The second-order valence-corrected chi connectivity index (χ2v) is 5.90. The molecule has 0 radical (unpaired) electrons. The third-order valence-electron chi connectivity index (χ3n) is 4.12. The number of halogens is 1. The summed E-state index contributed by atoms with van der Waals surface area (Å²) in [6.07, 6.45) is 1.01. The van der Waals surface area contributed by atoms with Gasteiger partial charge in [0.15, 0.2) is 0 Å². The van der Waals surface area contributed by atoms with Crippen molar-refractivity contribution < 1.29 is 9.50 Å². The number of nitrogens with zero attached hydrogens (tertiary/aromatic N) is 3. The van der Waals surface area contributed by atoms with E-state index in [1.54, 1.807) is 6.07 Å². The van der Waals surface area contributed by atoms with Gasteiger partial charge in [0.25, 0.3) is 0 Å². The number of rotatable bonds is 8. The normalized spacial score (nSPS) is 11.4. The lowest BCUT2D eigenvalue weighted by Crippen LogP contribution is -2.24. The van der Waals surface area contributed by atoms with Crippen molar-refractivity contribution in [1.82, 2.24) is 14.7 Å². The first kappa shape index (κ1) is 17.6. The Morgan fingerprint density at radius 2 is 1.96 bits per heavy atom. The molecular weight excluding hydrogens is 293 g/mol. The Bertz CT molecular complexity index is 639. The molecule has 4 nitrogen and oxygen atoms in total. The first-order valence-corrected chi connectivity index (χ1v) is 8.16. The number of benzene rings is 1. The van der Waals surface area contributed by atoms with Gasteiger partial charge < -0.3 is 5.11 Å². The Balaban J connectivity index is 2.18. The largest absolute Gasteiger partial charge is 0.394 e.